The number of hydrogen-bond acceptors (Lipinski definition) is 4. The number of fused-ring (bicyclic) bond motifs is 1. The monoisotopic (exact) mass is 369 g/mol. The minimum absolute atomic E-state index is 0.0984. The van der Waals surface area contributed by atoms with Gasteiger partial charge in [0.15, 0.2) is 5.11 Å². The first kappa shape index (κ1) is 18.3. The van der Waals surface area contributed by atoms with E-state index in [9.17, 15) is 9.59 Å². The Hall–Kier alpha value is -2.47. The van der Waals surface area contributed by atoms with Crippen molar-refractivity contribution in [3.63, 3.8) is 0 Å². The molecule has 0 spiro atoms. The smallest absolute Gasteiger partial charge is 0.265 e. The number of nitrogens with one attached hydrogen (secondary N) is 1. The number of thiocarbonyl (C=S) groups is 1. The summed E-state index contributed by atoms with van der Waals surface area (Å²) < 4.78 is 0. The highest BCUT2D eigenvalue weighted by Gasteiger charge is 2.32. The van der Waals surface area contributed by atoms with Crippen LogP contribution in [0.5, 0.6) is 0 Å². The molecule has 2 heterocycles. The number of nitrogens with zero attached hydrogens (tertiary/aromatic N) is 2. The number of anilines is 1. The Morgan fingerprint density at radius 2 is 2.15 bits per heavy atom. The van der Waals surface area contributed by atoms with E-state index >= 15 is 0 Å². The molecule has 0 unspecified atom stereocenters. The van der Waals surface area contributed by atoms with Crippen molar-refractivity contribution < 1.29 is 9.59 Å². The van der Waals surface area contributed by atoms with Crippen molar-refractivity contribution in [2.45, 2.75) is 26.2 Å². The zero-order valence-electron chi connectivity index (χ0n) is 15.0. The molecule has 2 aliphatic heterocycles. The maximum Gasteiger partial charge on any atom is 0.265 e. The Labute approximate surface area is 159 Å². The Bertz CT molecular complexity index is 800. The van der Waals surface area contributed by atoms with Crippen molar-refractivity contribution >= 4 is 40.9 Å². The normalized spacial score (nSPS) is 18.3. The molecule has 1 aromatic rings. The zero-order valence-corrected chi connectivity index (χ0v) is 15.8. The van der Waals surface area contributed by atoms with Crippen LogP contribution in [0.25, 0.3) is 6.08 Å². The molecule has 2 amide bonds. The van der Waals surface area contributed by atoms with Crippen LogP contribution >= 0.6 is 12.2 Å². The number of amides is 2. The predicted molar refractivity (Wildman–Crippen MR) is 108 cm³/mol. The maximum atomic E-state index is 12.6. The summed E-state index contributed by atoms with van der Waals surface area (Å²) in [7, 11) is 0. The first-order valence-electron chi connectivity index (χ1n) is 8.92. The summed E-state index contributed by atoms with van der Waals surface area (Å²) in [5.41, 5.74) is 3.47. The van der Waals surface area contributed by atoms with Gasteiger partial charge in [-0.05, 0) is 54.4 Å². The fourth-order valence-corrected chi connectivity index (χ4v) is 3.57. The molecule has 3 rings (SSSR count). The van der Waals surface area contributed by atoms with E-state index in [0.717, 1.165) is 25.1 Å². The van der Waals surface area contributed by atoms with Gasteiger partial charge in [0, 0.05) is 25.3 Å². The molecule has 0 atom stereocenters. The molecule has 1 N–H and O–H groups in total. The Kier molecular flexibility index (Phi) is 5.52. The molecule has 6 heteroatoms. The molecule has 2 aliphatic rings. The predicted octanol–water partition coefficient (Wildman–Crippen LogP) is 2.66. The lowest BCUT2D eigenvalue weighted by Crippen LogP contribution is -2.53. The van der Waals surface area contributed by atoms with Gasteiger partial charge in [0.2, 0.25) is 0 Å². The topological polar surface area (TPSA) is 52.7 Å². The van der Waals surface area contributed by atoms with Crippen LogP contribution in [0.2, 0.25) is 0 Å². The average Bonchev–Trinajstić information content (AvgIpc) is 3.02. The van der Waals surface area contributed by atoms with Crippen molar-refractivity contribution in [3.05, 3.63) is 47.6 Å². The standard InChI is InChI=1S/C20H23N3O2S/c1-3-5-10-22-11-8-15-12-14(6-7-17(15)22)13-16-18(24)21-20(26)23(9-4-2)19(16)25/h4,6-7,12-13H,2-3,5,8-11H2,1H3,(H,21,24,26). The molecule has 26 heavy (non-hydrogen) atoms. The van der Waals surface area contributed by atoms with Crippen LogP contribution < -0.4 is 10.2 Å². The third-order valence-electron chi connectivity index (χ3n) is 4.69. The molecule has 1 fully saturated rings. The second-order valence-electron chi connectivity index (χ2n) is 6.50. The van der Waals surface area contributed by atoms with E-state index in [0.29, 0.717) is 0 Å². The third-order valence-corrected chi connectivity index (χ3v) is 5.01. The molecular weight excluding hydrogens is 346 g/mol. The molecule has 0 aromatic heterocycles. The first-order valence-corrected chi connectivity index (χ1v) is 9.33. The maximum absolute atomic E-state index is 12.6. The highest BCUT2D eigenvalue weighted by atomic mass is 32.1. The summed E-state index contributed by atoms with van der Waals surface area (Å²) in [6, 6.07) is 6.11. The molecule has 1 saturated heterocycles. The van der Waals surface area contributed by atoms with Crippen LogP contribution in [0.15, 0.2) is 36.4 Å². The molecule has 136 valence electrons. The van der Waals surface area contributed by atoms with E-state index in [1.807, 2.05) is 6.07 Å². The number of hydrogen-bond donors (Lipinski definition) is 1. The first-order chi connectivity index (χ1) is 12.5. The van der Waals surface area contributed by atoms with Gasteiger partial charge in [-0.25, -0.2) is 0 Å². The lowest BCUT2D eigenvalue weighted by molar-refractivity contribution is -0.128. The van der Waals surface area contributed by atoms with Crippen LogP contribution in [0.4, 0.5) is 5.69 Å². The Balaban J connectivity index is 1.85. The van der Waals surface area contributed by atoms with Crippen LogP contribution in [-0.2, 0) is 16.0 Å². The molecule has 0 aliphatic carbocycles. The SMILES string of the molecule is C=CCN1C(=O)C(=Cc2ccc3c(c2)CCN3CCCC)C(=O)NC1=S. The van der Waals surface area contributed by atoms with E-state index in [2.05, 4.69) is 35.9 Å². The summed E-state index contributed by atoms with van der Waals surface area (Å²) >= 11 is 5.07. The minimum atomic E-state index is -0.453. The fourth-order valence-electron chi connectivity index (χ4n) is 3.32. The Morgan fingerprint density at radius 3 is 2.88 bits per heavy atom. The van der Waals surface area contributed by atoms with E-state index in [1.54, 1.807) is 12.2 Å². The van der Waals surface area contributed by atoms with Gasteiger partial charge in [0.05, 0.1) is 0 Å². The molecule has 1 aromatic carbocycles. The number of benzene rings is 1. The number of unbranched alkanes of at least 4 members (excludes halogenated alkanes) is 1. The lowest BCUT2D eigenvalue weighted by atomic mass is 10.0. The van der Waals surface area contributed by atoms with E-state index in [4.69, 9.17) is 12.2 Å². The largest absolute Gasteiger partial charge is 0.371 e. The van der Waals surface area contributed by atoms with Gasteiger partial charge in [-0.3, -0.25) is 19.8 Å². The van der Waals surface area contributed by atoms with Crippen molar-refractivity contribution in [2.24, 2.45) is 0 Å². The fraction of sp³-hybridized carbons (Fsp3) is 0.350. The van der Waals surface area contributed by atoms with Gasteiger partial charge >= 0.3 is 0 Å². The van der Waals surface area contributed by atoms with Crippen LogP contribution in [0.1, 0.15) is 30.9 Å². The molecule has 5 nitrogen and oxygen atoms in total. The second-order valence-corrected chi connectivity index (χ2v) is 6.89. The van der Waals surface area contributed by atoms with Crippen molar-refractivity contribution in [3.8, 4) is 0 Å². The zero-order chi connectivity index (χ0) is 18.7. The molecular formula is C20H23N3O2S. The van der Waals surface area contributed by atoms with Crippen molar-refractivity contribution in [1.82, 2.24) is 10.2 Å². The van der Waals surface area contributed by atoms with Crippen LogP contribution in [-0.4, -0.2) is 41.5 Å². The van der Waals surface area contributed by atoms with Gasteiger partial charge in [0.1, 0.15) is 5.57 Å². The van der Waals surface area contributed by atoms with E-state index in [-0.39, 0.29) is 23.1 Å². The van der Waals surface area contributed by atoms with Crippen molar-refractivity contribution in [2.75, 3.05) is 24.5 Å². The number of carbonyl (C=O) groups is 2. The molecule has 0 saturated carbocycles. The van der Waals surface area contributed by atoms with Gasteiger partial charge in [0.25, 0.3) is 11.8 Å². The van der Waals surface area contributed by atoms with E-state index in [1.165, 1.54) is 29.0 Å². The highest BCUT2D eigenvalue weighted by Crippen LogP contribution is 2.30. The summed E-state index contributed by atoms with van der Waals surface area (Å²) in [5.74, 6) is -0.839. The highest BCUT2D eigenvalue weighted by molar-refractivity contribution is 7.80. The molecule has 0 radical (unpaired) electrons. The third kappa shape index (κ3) is 3.55. The van der Waals surface area contributed by atoms with Crippen molar-refractivity contribution in [1.29, 1.82) is 0 Å². The number of rotatable bonds is 6. The summed E-state index contributed by atoms with van der Waals surface area (Å²) in [5, 5.41) is 2.69. The average molecular weight is 369 g/mol. The minimum Gasteiger partial charge on any atom is -0.371 e. The van der Waals surface area contributed by atoms with Gasteiger partial charge < -0.3 is 4.90 Å². The Morgan fingerprint density at radius 1 is 1.35 bits per heavy atom. The van der Waals surface area contributed by atoms with Gasteiger partial charge in [-0.15, -0.1) is 6.58 Å². The second kappa shape index (κ2) is 7.83. The summed E-state index contributed by atoms with van der Waals surface area (Å²) in [6.45, 7) is 8.19. The van der Waals surface area contributed by atoms with Crippen LogP contribution in [0, 0.1) is 0 Å². The summed E-state index contributed by atoms with van der Waals surface area (Å²) in [4.78, 5) is 28.6. The van der Waals surface area contributed by atoms with Gasteiger partial charge in [-0.2, -0.15) is 0 Å². The molecule has 0 bridgehead atoms. The van der Waals surface area contributed by atoms with Crippen LogP contribution in [0.3, 0.4) is 0 Å². The quantitative estimate of drug-likeness (QED) is 0.363. The summed E-state index contributed by atoms with van der Waals surface area (Å²) in [6.07, 6.45) is 6.57. The van der Waals surface area contributed by atoms with Gasteiger partial charge in [-0.1, -0.05) is 25.5 Å². The number of carbonyl (C=O) groups excluding carboxylic acids is 2. The van der Waals surface area contributed by atoms with E-state index < -0.39 is 5.91 Å². The lowest BCUT2D eigenvalue weighted by Gasteiger charge is -2.27.